The first-order valence-corrected chi connectivity index (χ1v) is 35.6. The van der Waals surface area contributed by atoms with Crippen LogP contribution in [-0.4, -0.2) is 69.4 Å². The monoisotopic (exact) mass is 1200 g/mol. The number of carbonyl (C=O) groups excluding carboxylic acids is 2. The minimum absolute atomic E-state index is 0.0415. The van der Waals surface area contributed by atoms with Crippen molar-refractivity contribution in [3.05, 3.63) is 146 Å². The minimum atomic E-state index is -4.73. The molecule has 0 spiro atoms. The second-order valence-electron chi connectivity index (χ2n) is 23.6. The molecule has 9 nitrogen and oxygen atoms in total. The Morgan fingerprint density at radius 3 is 1.15 bits per heavy atom. The van der Waals surface area contributed by atoms with Crippen molar-refractivity contribution in [2.45, 2.75) is 277 Å². The number of quaternary nitrogens is 1. The van der Waals surface area contributed by atoms with Gasteiger partial charge < -0.3 is 28.5 Å². The van der Waals surface area contributed by atoms with Crippen LogP contribution in [0.1, 0.15) is 265 Å². The number of phosphoric acid groups is 1. The van der Waals surface area contributed by atoms with Gasteiger partial charge in [-0.2, -0.15) is 0 Å². The van der Waals surface area contributed by atoms with Crippen LogP contribution in [-0.2, 0) is 27.9 Å². The van der Waals surface area contributed by atoms with E-state index in [9.17, 15) is 19.0 Å². The number of hydrogen-bond donors (Lipinski definition) is 1. The smallest absolute Gasteiger partial charge is 0.306 e. The summed E-state index contributed by atoms with van der Waals surface area (Å²) in [4.78, 5) is 40.1. The van der Waals surface area contributed by atoms with Gasteiger partial charge in [0, 0.05) is 12.8 Å². The third kappa shape index (κ3) is 64.2. The first-order chi connectivity index (χ1) is 41.4. The average molecular weight is 1200 g/mol. The van der Waals surface area contributed by atoms with E-state index in [1.165, 1.54) is 103 Å². The molecule has 0 fully saturated rings. The topological polar surface area (TPSA) is 114 Å². The summed E-state index contributed by atoms with van der Waals surface area (Å²) in [6.07, 6.45) is 91.2. The molecule has 0 aliphatic heterocycles. The van der Waals surface area contributed by atoms with Crippen molar-refractivity contribution in [2.24, 2.45) is 0 Å². The SMILES string of the molecule is CC/C=C\C/C=C\C/C=C\C/C=C\C/C=C\C/C=C\CCC(=O)OC(/C=C\CCCCCCCCCCCCC)C(COP(=O)([O-])OCC[N+](C)(C)C)NC(=O)CCCCCCCCCCCCC/C=C\C/C=C\C/C=C\C/C=C\C/C=C\CC. The van der Waals surface area contributed by atoms with Crippen LogP contribution in [0.15, 0.2) is 146 Å². The number of carbonyl (C=O) groups is 2. The summed E-state index contributed by atoms with van der Waals surface area (Å²) in [7, 11) is 1.13. The molecule has 0 radical (unpaired) electrons. The molecular weight excluding hydrogens is 1070 g/mol. The number of rotatable bonds is 60. The fourth-order valence-electron chi connectivity index (χ4n) is 9.10. The van der Waals surface area contributed by atoms with Gasteiger partial charge in [0.05, 0.1) is 33.8 Å². The first-order valence-electron chi connectivity index (χ1n) is 34.1. The fourth-order valence-corrected chi connectivity index (χ4v) is 9.83. The van der Waals surface area contributed by atoms with Gasteiger partial charge >= 0.3 is 5.97 Å². The second-order valence-corrected chi connectivity index (χ2v) is 25.0. The second kappa shape index (κ2) is 62.9. The lowest BCUT2D eigenvalue weighted by atomic mass is 10.0. The number of likely N-dealkylation sites (N-methyl/N-ethyl adjacent to an activating group) is 1. The van der Waals surface area contributed by atoms with Gasteiger partial charge in [-0.1, -0.05) is 283 Å². The Hall–Kier alpha value is -4.11. The van der Waals surface area contributed by atoms with Crippen LogP contribution in [0, 0.1) is 0 Å². The summed E-state index contributed by atoms with van der Waals surface area (Å²) in [5.41, 5.74) is 0. The Balaban J connectivity index is 5.23. The molecule has 3 unspecified atom stereocenters. The maximum absolute atomic E-state index is 13.6. The number of hydrogen-bond acceptors (Lipinski definition) is 7. The highest BCUT2D eigenvalue weighted by Crippen LogP contribution is 2.38. The Kier molecular flexibility index (Phi) is 59.9. The molecule has 1 N–H and O–H groups in total. The van der Waals surface area contributed by atoms with Crippen LogP contribution < -0.4 is 10.2 Å². The first kappa shape index (κ1) is 80.9. The fraction of sp³-hybridized carbons (Fsp3) is 0.653. The third-order valence-electron chi connectivity index (χ3n) is 14.3. The molecule has 0 heterocycles. The molecule has 0 rings (SSSR count). The Morgan fingerprint density at radius 2 is 0.765 bits per heavy atom. The van der Waals surface area contributed by atoms with E-state index in [2.05, 4.69) is 148 Å². The zero-order chi connectivity index (χ0) is 62.1. The summed E-state index contributed by atoms with van der Waals surface area (Å²) in [5.74, 6) is -0.649. The molecule has 484 valence electrons. The van der Waals surface area contributed by atoms with Gasteiger partial charge in [-0.05, 0) is 115 Å². The van der Waals surface area contributed by atoms with Crippen molar-refractivity contribution in [3.63, 3.8) is 0 Å². The Labute approximate surface area is 523 Å². The van der Waals surface area contributed by atoms with Crippen molar-refractivity contribution in [1.82, 2.24) is 5.32 Å². The molecule has 85 heavy (non-hydrogen) atoms. The van der Waals surface area contributed by atoms with Crippen molar-refractivity contribution >= 4 is 19.7 Å². The highest BCUT2D eigenvalue weighted by Gasteiger charge is 2.27. The van der Waals surface area contributed by atoms with E-state index < -0.39 is 32.5 Å². The van der Waals surface area contributed by atoms with E-state index in [0.29, 0.717) is 17.4 Å². The number of ether oxygens (including phenoxy) is 1. The Bertz CT molecular complexity index is 1960. The third-order valence-corrected chi connectivity index (χ3v) is 15.2. The molecule has 0 aliphatic rings. The van der Waals surface area contributed by atoms with Gasteiger partial charge in [0.2, 0.25) is 5.91 Å². The van der Waals surface area contributed by atoms with Crippen molar-refractivity contribution in [1.29, 1.82) is 0 Å². The van der Waals surface area contributed by atoms with E-state index in [0.717, 1.165) is 122 Å². The summed E-state index contributed by atoms with van der Waals surface area (Å²) in [6.45, 7) is 6.56. The van der Waals surface area contributed by atoms with Gasteiger partial charge in [0.15, 0.2) is 0 Å². The molecule has 0 aliphatic carbocycles. The number of esters is 1. The number of amides is 1. The highest BCUT2D eigenvalue weighted by atomic mass is 31.2. The molecular formula is C75H127N2O7P. The van der Waals surface area contributed by atoms with Crippen molar-refractivity contribution < 1.29 is 37.3 Å². The van der Waals surface area contributed by atoms with Gasteiger partial charge in [0.1, 0.15) is 19.3 Å². The quantitative estimate of drug-likeness (QED) is 0.0212. The molecule has 10 heteroatoms. The van der Waals surface area contributed by atoms with Crippen molar-refractivity contribution in [2.75, 3.05) is 40.9 Å². The molecule has 0 aromatic rings. The Morgan fingerprint density at radius 1 is 0.424 bits per heavy atom. The number of nitrogens with one attached hydrogen (secondary N) is 1. The van der Waals surface area contributed by atoms with Crippen LogP contribution >= 0.6 is 7.82 Å². The van der Waals surface area contributed by atoms with Crippen LogP contribution in [0.3, 0.4) is 0 Å². The standard InChI is InChI=1S/C75H127N2O7P/c1-7-10-13-16-19-22-25-28-30-32-34-35-36-37-38-39-40-41-43-44-46-49-52-55-58-61-64-67-74(78)76-72(71-83-85(80,81)82-70-69-77(4,5)6)73(66-63-60-57-54-51-48-27-24-21-18-15-12-9-3)84-75(79)68-65-62-59-56-53-50-47-45-42-33-31-29-26-23-20-17-14-11-8-2/h10-11,13-14,19-20,22-23,28-31,34-35,37-38,42,45,50,53,59,62-63,66,72-73H,7-9,12,15-18,21,24-27,32-33,36,39-41,43-44,46-49,51-52,54-58,60-61,64-65,67-71H2,1-6H3,(H-,76,78,80,81)/b13-10-,14-11-,22-19-,23-20-,30-28-,31-29-,35-34-,38-37-,45-42-,53-50-,62-59-,66-63-. The van der Waals surface area contributed by atoms with E-state index in [1.54, 1.807) is 6.08 Å². The minimum Gasteiger partial charge on any atom is -0.756 e. The van der Waals surface area contributed by atoms with E-state index in [4.69, 9.17) is 13.8 Å². The normalized spacial score (nSPS) is 14.5. The largest absolute Gasteiger partial charge is 0.756 e. The van der Waals surface area contributed by atoms with Gasteiger partial charge in [0.25, 0.3) is 7.82 Å². The predicted octanol–water partition coefficient (Wildman–Crippen LogP) is 21.1. The van der Waals surface area contributed by atoms with E-state index in [1.807, 2.05) is 39.4 Å². The van der Waals surface area contributed by atoms with Crippen LogP contribution in [0.2, 0.25) is 0 Å². The number of allylic oxidation sites excluding steroid dienone is 23. The molecule has 3 atom stereocenters. The maximum Gasteiger partial charge on any atom is 0.306 e. The molecule has 0 saturated carbocycles. The summed E-state index contributed by atoms with van der Waals surface area (Å²) >= 11 is 0. The van der Waals surface area contributed by atoms with Crippen LogP contribution in [0.4, 0.5) is 0 Å². The zero-order valence-electron chi connectivity index (χ0n) is 55.3. The molecule has 0 aromatic heterocycles. The zero-order valence-corrected chi connectivity index (χ0v) is 56.1. The van der Waals surface area contributed by atoms with Gasteiger partial charge in [-0.25, -0.2) is 0 Å². The maximum atomic E-state index is 13.6. The molecule has 0 bridgehead atoms. The molecule has 0 saturated heterocycles. The number of phosphoric ester groups is 1. The number of nitrogens with zero attached hydrogens (tertiary/aromatic N) is 1. The molecule has 0 aromatic carbocycles. The summed E-state index contributed by atoms with van der Waals surface area (Å²) < 4.78 is 30.3. The average Bonchev–Trinajstić information content (AvgIpc) is 3.50. The lowest BCUT2D eigenvalue weighted by Crippen LogP contribution is -2.47. The van der Waals surface area contributed by atoms with Crippen LogP contribution in [0.5, 0.6) is 0 Å². The summed E-state index contributed by atoms with van der Waals surface area (Å²) in [5, 5.41) is 3.02. The summed E-state index contributed by atoms with van der Waals surface area (Å²) in [6, 6.07) is -0.932. The lowest BCUT2D eigenvalue weighted by Gasteiger charge is -2.30. The lowest BCUT2D eigenvalue weighted by molar-refractivity contribution is -0.870. The predicted molar refractivity (Wildman–Crippen MR) is 366 cm³/mol. The van der Waals surface area contributed by atoms with Gasteiger partial charge in [-0.15, -0.1) is 0 Å². The highest BCUT2D eigenvalue weighted by molar-refractivity contribution is 7.45. The van der Waals surface area contributed by atoms with E-state index >= 15 is 0 Å². The van der Waals surface area contributed by atoms with Gasteiger partial charge in [-0.3, -0.25) is 14.2 Å². The van der Waals surface area contributed by atoms with Crippen molar-refractivity contribution in [3.8, 4) is 0 Å². The molecule has 1 amide bonds. The number of unbranched alkanes of at least 4 members (excludes halogenated alkanes) is 22. The van der Waals surface area contributed by atoms with Crippen LogP contribution in [0.25, 0.3) is 0 Å². The van der Waals surface area contributed by atoms with E-state index in [-0.39, 0.29) is 25.4 Å².